The van der Waals surface area contributed by atoms with Gasteiger partial charge in [0.1, 0.15) is 29.0 Å². The van der Waals surface area contributed by atoms with Crippen LogP contribution in [0.5, 0.6) is 0 Å². The Morgan fingerprint density at radius 2 is 1.74 bits per heavy atom. The van der Waals surface area contributed by atoms with Gasteiger partial charge in [0.15, 0.2) is 17.5 Å². The molecule has 3 heterocycles. The minimum Gasteiger partial charge on any atom is -0.352 e. The van der Waals surface area contributed by atoms with Gasteiger partial charge in [-0.2, -0.15) is 5.26 Å². The standard InChI is InChI=1S/C26H24F2N6/c1-32-24(19-5-3-2-4-6-19)20(16-29)23-25(32)26(31-17-30-23)34-13-11-33(12-14-34)10-9-18-7-8-21(27)22(28)15-18/h2-8,15,17H,9-14H2,1H3. The van der Waals surface area contributed by atoms with Crippen LogP contribution in [-0.4, -0.2) is 52.2 Å². The Morgan fingerprint density at radius 1 is 0.971 bits per heavy atom. The van der Waals surface area contributed by atoms with Crippen LogP contribution in [-0.2, 0) is 13.5 Å². The Bertz CT molecular complexity index is 1370. The summed E-state index contributed by atoms with van der Waals surface area (Å²) in [5.74, 6) is -0.792. The van der Waals surface area contributed by atoms with Gasteiger partial charge in [-0.1, -0.05) is 36.4 Å². The van der Waals surface area contributed by atoms with Crippen molar-refractivity contribution in [3.8, 4) is 17.3 Å². The van der Waals surface area contributed by atoms with Crippen molar-refractivity contribution in [2.75, 3.05) is 37.6 Å². The third kappa shape index (κ3) is 3.99. The third-order valence-electron chi connectivity index (χ3n) is 6.48. The van der Waals surface area contributed by atoms with Crippen LogP contribution in [0.15, 0.2) is 54.9 Å². The zero-order chi connectivity index (χ0) is 23.7. The van der Waals surface area contributed by atoms with Gasteiger partial charge in [0.2, 0.25) is 0 Å². The van der Waals surface area contributed by atoms with E-state index >= 15 is 0 Å². The maximum Gasteiger partial charge on any atom is 0.159 e. The Morgan fingerprint density at radius 3 is 2.44 bits per heavy atom. The molecule has 1 aliphatic rings. The average Bonchev–Trinajstić information content (AvgIpc) is 3.17. The Balaban J connectivity index is 1.36. The van der Waals surface area contributed by atoms with Crippen LogP contribution in [0.4, 0.5) is 14.6 Å². The van der Waals surface area contributed by atoms with Gasteiger partial charge in [-0.05, 0) is 29.7 Å². The molecule has 4 aromatic rings. The minimum atomic E-state index is -0.816. The quantitative estimate of drug-likeness (QED) is 0.450. The van der Waals surface area contributed by atoms with E-state index in [1.165, 1.54) is 18.5 Å². The second-order valence-electron chi connectivity index (χ2n) is 8.48. The van der Waals surface area contributed by atoms with E-state index in [-0.39, 0.29) is 0 Å². The summed E-state index contributed by atoms with van der Waals surface area (Å²) in [6.45, 7) is 3.99. The number of fused-ring (bicyclic) bond motifs is 1. The van der Waals surface area contributed by atoms with Gasteiger partial charge in [0.25, 0.3) is 0 Å². The first-order valence-electron chi connectivity index (χ1n) is 11.3. The number of aromatic nitrogens is 3. The summed E-state index contributed by atoms with van der Waals surface area (Å²) >= 11 is 0. The summed E-state index contributed by atoms with van der Waals surface area (Å²) in [6, 6.07) is 16.3. The van der Waals surface area contributed by atoms with E-state index < -0.39 is 11.6 Å². The zero-order valence-electron chi connectivity index (χ0n) is 18.9. The van der Waals surface area contributed by atoms with Crippen molar-refractivity contribution >= 4 is 16.9 Å². The van der Waals surface area contributed by atoms with E-state index in [2.05, 4.69) is 25.8 Å². The van der Waals surface area contributed by atoms with Crippen LogP contribution in [0, 0.1) is 23.0 Å². The van der Waals surface area contributed by atoms with Crippen molar-refractivity contribution in [2.45, 2.75) is 6.42 Å². The molecular formula is C26H24F2N6. The summed E-state index contributed by atoms with van der Waals surface area (Å²) in [7, 11) is 1.95. The summed E-state index contributed by atoms with van der Waals surface area (Å²) in [4.78, 5) is 13.6. The smallest absolute Gasteiger partial charge is 0.159 e. The fourth-order valence-corrected chi connectivity index (χ4v) is 4.69. The molecule has 0 saturated carbocycles. The number of anilines is 1. The van der Waals surface area contributed by atoms with Crippen molar-refractivity contribution < 1.29 is 8.78 Å². The highest BCUT2D eigenvalue weighted by atomic mass is 19.2. The fourth-order valence-electron chi connectivity index (χ4n) is 4.69. The van der Waals surface area contributed by atoms with Crippen LogP contribution in [0.1, 0.15) is 11.1 Å². The molecular weight excluding hydrogens is 434 g/mol. The largest absolute Gasteiger partial charge is 0.352 e. The predicted octanol–water partition coefficient (Wildman–Crippen LogP) is 4.15. The second-order valence-corrected chi connectivity index (χ2v) is 8.48. The summed E-state index contributed by atoms with van der Waals surface area (Å²) < 4.78 is 28.7. The van der Waals surface area contributed by atoms with Gasteiger partial charge in [-0.3, -0.25) is 4.90 Å². The third-order valence-corrected chi connectivity index (χ3v) is 6.48. The van der Waals surface area contributed by atoms with E-state index in [9.17, 15) is 14.0 Å². The molecule has 0 N–H and O–H groups in total. The van der Waals surface area contributed by atoms with Crippen molar-refractivity contribution in [1.82, 2.24) is 19.4 Å². The number of rotatable bonds is 5. The normalized spacial score (nSPS) is 14.5. The highest BCUT2D eigenvalue weighted by Gasteiger charge is 2.25. The lowest BCUT2D eigenvalue weighted by Crippen LogP contribution is -2.47. The summed E-state index contributed by atoms with van der Waals surface area (Å²) in [6.07, 6.45) is 2.20. The van der Waals surface area contributed by atoms with Crippen LogP contribution in [0.3, 0.4) is 0 Å². The summed E-state index contributed by atoms with van der Waals surface area (Å²) in [5, 5.41) is 9.92. The predicted molar refractivity (Wildman–Crippen MR) is 127 cm³/mol. The molecule has 8 heteroatoms. The zero-order valence-corrected chi connectivity index (χ0v) is 18.9. The molecule has 172 valence electrons. The van der Waals surface area contributed by atoms with Gasteiger partial charge in [-0.25, -0.2) is 18.7 Å². The van der Waals surface area contributed by atoms with Crippen LogP contribution < -0.4 is 4.90 Å². The molecule has 1 fully saturated rings. The number of nitrogens with zero attached hydrogens (tertiary/aromatic N) is 6. The molecule has 34 heavy (non-hydrogen) atoms. The number of piperazine rings is 1. The lowest BCUT2D eigenvalue weighted by Gasteiger charge is -2.35. The Kier molecular flexibility index (Phi) is 5.95. The fraction of sp³-hybridized carbons (Fsp3) is 0.269. The second kappa shape index (κ2) is 9.20. The van der Waals surface area contributed by atoms with E-state index in [0.29, 0.717) is 17.5 Å². The van der Waals surface area contributed by atoms with Gasteiger partial charge < -0.3 is 9.47 Å². The number of hydrogen-bond donors (Lipinski definition) is 0. The van der Waals surface area contributed by atoms with Gasteiger partial charge >= 0.3 is 0 Å². The molecule has 0 radical (unpaired) electrons. The molecule has 0 atom stereocenters. The number of aryl methyl sites for hydroxylation is 1. The maximum atomic E-state index is 13.5. The summed E-state index contributed by atoms with van der Waals surface area (Å²) in [5.41, 5.74) is 4.66. The van der Waals surface area contributed by atoms with Gasteiger partial charge in [0.05, 0.1) is 5.69 Å². The maximum absolute atomic E-state index is 13.5. The first kappa shape index (κ1) is 22.0. The average molecular weight is 459 g/mol. The monoisotopic (exact) mass is 458 g/mol. The van der Waals surface area contributed by atoms with Crippen molar-refractivity contribution in [3.63, 3.8) is 0 Å². The first-order chi connectivity index (χ1) is 16.6. The minimum absolute atomic E-state index is 0.553. The van der Waals surface area contributed by atoms with Crippen molar-refractivity contribution in [2.24, 2.45) is 7.05 Å². The molecule has 1 saturated heterocycles. The van der Waals surface area contributed by atoms with E-state index in [1.54, 1.807) is 6.07 Å². The van der Waals surface area contributed by atoms with Crippen molar-refractivity contribution in [1.29, 1.82) is 5.26 Å². The highest BCUT2D eigenvalue weighted by molar-refractivity contribution is 5.97. The topological polar surface area (TPSA) is 61.0 Å². The molecule has 5 rings (SSSR count). The highest BCUT2D eigenvalue weighted by Crippen LogP contribution is 2.35. The molecule has 0 unspecified atom stereocenters. The number of benzene rings is 2. The number of halogens is 2. The lowest BCUT2D eigenvalue weighted by atomic mass is 10.1. The van der Waals surface area contributed by atoms with E-state index in [0.717, 1.165) is 60.9 Å². The molecule has 0 amide bonds. The molecule has 1 aliphatic heterocycles. The van der Waals surface area contributed by atoms with Crippen LogP contribution in [0.25, 0.3) is 22.3 Å². The molecule has 2 aromatic heterocycles. The first-order valence-corrected chi connectivity index (χ1v) is 11.3. The van der Waals surface area contributed by atoms with E-state index in [4.69, 9.17) is 0 Å². The number of hydrogen-bond acceptors (Lipinski definition) is 5. The molecule has 6 nitrogen and oxygen atoms in total. The van der Waals surface area contributed by atoms with Gasteiger partial charge in [0, 0.05) is 39.8 Å². The molecule has 0 bridgehead atoms. The lowest BCUT2D eigenvalue weighted by molar-refractivity contribution is 0.260. The Hall–Kier alpha value is -3.83. The molecule has 0 spiro atoms. The Labute approximate surface area is 196 Å². The van der Waals surface area contributed by atoms with Crippen molar-refractivity contribution in [3.05, 3.63) is 77.6 Å². The molecule has 0 aliphatic carbocycles. The molecule has 2 aromatic carbocycles. The SMILES string of the molecule is Cn1c(-c2ccccc2)c(C#N)c2ncnc(N3CCN(CCc4ccc(F)c(F)c4)CC3)c21. The van der Waals surface area contributed by atoms with Gasteiger partial charge in [-0.15, -0.1) is 0 Å². The van der Waals surface area contributed by atoms with Crippen LogP contribution >= 0.6 is 0 Å². The van der Waals surface area contributed by atoms with Crippen LogP contribution in [0.2, 0.25) is 0 Å². The van der Waals surface area contributed by atoms with E-state index in [1.807, 2.05) is 41.9 Å². The number of nitriles is 1.